The Morgan fingerprint density at radius 3 is 2.55 bits per heavy atom. The quantitative estimate of drug-likeness (QED) is 0.222. The van der Waals surface area contributed by atoms with Crippen molar-refractivity contribution in [3.05, 3.63) is 73.3 Å². The minimum absolute atomic E-state index is 0.431. The molecule has 0 N–H and O–H groups in total. The van der Waals surface area contributed by atoms with Gasteiger partial charge in [0.15, 0.2) is 0 Å². The fraction of sp³-hybridized carbons (Fsp3) is 0.333. The van der Waals surface area contributed by atoms with Gasteiger partial charge in [0.2, 0.25) is 0 Å². The number of ether oxygens (including phenoxy) is 1. The maximum Gasteiger partial charge on any atom is 0.123 e. The van der Waals surface area contributed by atoms with Gasteiger partial charge in [0.25, 0.3) is 0 Å². The molecule has 0 saturated heterocycles. The van der Waals surface area contributed by atoms with Crippen molar-refractivity contribution in [2.75, 3.05) is 11.5 Å². The predicted octanol–water partition coefficient (Wildman–Crippen LogP) is 5.66. The highest BCUT2D eigenvalue weighted by Gasteiger charge is 1.97. The van der Waals surface area contributed by atoms with Crippen LogP contribution < -0.4 is 0 Å². The van der Waals surface area contributed by atoms with Gasteiger partial charge in [0.1, 0.15) is 11.5 Å². The molecule has 110 valence electrons. The summed E-state index contributed by atoms with van der Waals surface area (Å²) in [5, 5.41) is 0. The molecule has 0 unspecified atom stereocenters. The Morgan fingerprint density at radius 1 is 1.20 bits per heavy atom. The summed E-state index contributed by atoms with van der Waals surface area (Å²) in [6, 6.07) is 0. The van der Waals surface area contributed by atoms with Gasteiger partial charge in [0, 0.05) is 11.5 Å². The second kappa shape index (κ2) is 12.6. The summed E-state index contributed by atoms with van der Waals surface area (Å²) in [5.74, 6) is 3.88. The molecule has 0 atom stereocenters. The van der Waals surface area contributed by atoms with E-state index in [4.69, 9.17) is 4.74 Å². The fourth-order valence-corrected chi connectivity index (χ4v) is 1.88. The zero-order valence-electron chi connectivity index (χ0n) is 12.8. The van der Waals surface area contributed by atoms with Crippen molar-refractivity contribution in [1.29, 1.82) is 0 Å². The van der Waals surface area contributed by atoms with Gasteiger partial charge >= 0.3 is 0 Å². The third kappa shape index (κ3) is 11.7. The van der Waals surface area contributed by atoms with Crippen LogP contribution in [0.4, 0.5) is 0 Å². The summed E-state index contributed by atoms with van der Waals surface area (Å²) in [4.78, 5) is 0. The molecule has 2 heteroatoms. The standard InChI is InChI=1S/C18H26OS/c1-6-11-17(5)19-18(15-16(3)4)12-9-8-10-14-20-13-7-2/h6-12,15-16H,2,5,13-14H2,1,3-4H3/b10-8-,11-6-,12-9-,18-15+. The van der Waals surface area contributed by atoms with E-state index < -0.39 is 0 Å². The van der Waals surface area contributed by atoms with Crippen LogP contribution in [0.1, 0.15) is 20.8 Å². The van der Waals surface area contributed by atoms with E-state index in [0.717, 1.165) is 17.3 Å². The van der Waals surface area contributed by atoms with Crippen molar-refractivity contribution < 1.29 is 4.74 Å². The minimum atomic E-state index is 0.431. The van der Waals surface area contributed by atoms with Crippen LogP contribution in [-0.2, 0) is 4.74 Å². The van der Waals surface area contributed by atoms with Gasteiger partial charge in [0.05, 0.1) is 0 Å². The summed E-state index contributed by atoms with van der Waals surface area (Å²) >= 11 is 1.83. The van der Waals surface area contributed by atoms with Gasteiger partial charge in [-0.1, -0.05) is 50.8 Å². The highest BCUT2D eigenvalue weighted by Crippen LogP contribution is 2.11. The molecule has 0 aliphatic heterocycles. The molecule has 0 heterocycles. The van der Waals surface area contributed by atoms with Gasteiger partial charge < -0.3 is 4.74 Å². The molecule has 0 aliphatic rings. The molecule has 0 spiro atoms. The van der Waals surface area contributed by atoms with Crippen molar-refractivity contribution in [3.63, 3.8) is 0 Å². The molecule has 0 saturated carbocycles. The minimum Gasteiger partial charge on any atom is -0.458 e. The van der Waals surface area contributed by atoms with Crippen LogP contribution in [0.15, 0.2) is 73.3 Å². The first-order chi connectivity index (χ1) is 9.60. The van der Waals surface area contributed by atoms with E-state index in [-0.39, 0.29) is 0 Å². The fourth-order valence-electron chi connectivity index (χ4n) is 1.33. The molecular weight excluding hydrogens is 264 g/mol. The highest BCUT2D eigenvalue weighted by molar-refractivity contribution is 7.99. The van der Waals surface area contributed by atoms with E-state index >= 15 is 0 Å². The maximum absolute atomic E-state index is 5.69. The predicted molar refractivity (Wildman–Crippen MR) is 93.8 cm³/mol. The summed E-state index contributed by atoms with van der Waals surface area (Å²) in [5.41, 5.74) is 0. The number of rotatable bonds is 10. The Bertz CT molecular complexity index is 398. The van der Waals surface area contributed by atoms with Gasteiger partial charge in [-0.05, 0) is 31.1 Å². The van der Waals surface area contributed by atoms with Crippen LogP contribution in [0.5, 0.6) is 0 Å². The van der Waals surface area contributed by atoms with Crippen LogP contribution in [0.25, 0.3) is 0 Å². The van der Waals surface area contributed by atoms with Gasteiger partial charge in [-0.25, -0.2) is 0 Å². The van der Waals surface area contributed by atoms with Crippen molar-refractivity contribution in [3.8, 4) is 0 Å². The first kappa shape index (κ1) is 18.6. The molecular formula is C18H26OS. The summed E-state index contributed by atoms with van der Waals surface area (Å²) in [7, 11) is 0. The van der Waals surface area contributed by atoms with Crippen molar-refractivity contribution in [2.24, 2.45) is 5.92 Å². The van der Waals surface area contributed by atoms with Gasteiger partial charge in [-0.15, -0.1) is 6.58 Å². The molecule has 1 nitrogen and oxygen atoms in total. The lowest BCUT2D eigenvalue weighted by atomic mass is 10.2. The Kier molecular flexibility index (Phi) is 11.7. The van der Waals surface area contributed by atoms with E-state index in [1.165, 1.54) is 0 Å². The van der Waals surface area contributed by atoms with Gasteiger partial charge in [-0.3, -0.25) is 0 Å². The summed E-state index contributed by atoms with van der Waals surface area (Å²) < 4.78 is 5.69. The number of thioether (sulfide) groups is 1. The van der Waals surface area contributed by atoms with E-state index in [9.17, 15) is 0 Å². The lowest BCUT2D eigenvalue weighted by Crippen LogP contribution is -1.90. The zero-order valence-corrected chi connectivity index (χ0v) is 13.7. The summed E-state index contributed by atoms with van der Waals surface area (Å²) in [6.45, 7) is 13.7. The summed E-state index contributed by atoms with van der Waals surface area (Å²) in [6.07, 6.45) is 15.9. The molecule has 0 aromatic rings. The monoisotopic (exact) mass is 290 g/mol. The van der Waals surface area contributed by atoms with Crippen molar-refractivity contribution in [1.82, 2.24) is 0 Å². The number of allylic oxidation sites excluding steroid dienone is 6. The third-order valence-corrected chi connectivity index (χ3v) is 2.96. The second-order valence-corrected chi connectivity index (χ2v) is 5.57. The van der Waals surface area contributed by atoms with Crippen molar-refractivity contribution >= 4 is 11.8 Å². The SMILES string of the molecule is C=CCSC\C=C/C=C\C(=C/C(C)C)OC(=C)/C=C\C. The van der Waals surface area contributed by atoms with Crippen LogP contribution in [0.2, 0.25) is 0 Å². The Balaban J connectivity index is 4.43. The van der Waals surface area contributed by atoms with E-state index in [2.05, 4.69) is 39.2 Å². The van der Waals surface area contributed by atoms with Crippen LogP contribution in [-0.4, -0.2) is 11.5 Å². The molecule has 0 aromatic carbocycles. The first-order valence-corrected chi connectivity index (χ1v) is 7.98. The molecule has 0 aromatic heterocycles. The van der Waals surface area contributed by atoms with E-state index in [1.54, 1.807) is 0 Å². The largest absolute Gasteiger partial charge is 0.458 e. The second-order valence-electron chi connectivity index (χ2n) is 4.49. The van der Waals surface area contributed by atoms with E-state index in [1.807, 2.05) is 55.1 Å². The first-order valence-electron chi connectivity index (χ1n) is 6.83. The lowest BCUT2D eigenvalue weighted by Gasteiger charge is -2.07. The molecule has 0 rings (SSSR count). The molecule has 0 bridgehead atoms. The lowest BCUT2D eigenvalue weighted by molar-refractivity contribution is 0.334. The van der Waals surface area contributed by atoms with Gasteiger partial charge in [-0.2, -0.15) is 11.8 Å². The van der Waals surface area contributed by atoms with Crippen LogP contribution in [0.3, 0.4) is 0 Å². The number of hydrogen-bond donors (Lipinski definition) is 0. The molecule has 0 fully saturated rings. The van der Waals surface area contributed by atoms with E-state index in [0.29, 0.717) is 11.7 Å². The molecule has 20 heavy (non-hydrogen) atoms. The Hall–Kier alpha value is -1.41. The average Bonchev–Trinajstić information content (AvgIpc) is 2.37. The van der Waals surface area contributed by atoms with Crippen LogP contribution >= 0.6 is 11.8 Å². The third-order valence-electron chi connectivity index (χ3n) is 2.06. The average molecular weight is 290 g/mol. The highest BCUT2D eigenvalue weighted by atomic mass is 32.2. The zero-order chi connectivity index (χ0) is 15.2. The number of hydrogen-bond acceptors (Lipinski definition) is 2. The maximum atomic E-state index is 5.69. The Labute approximate surface area is 128 Å². The van der Waals surface area contributed by atoms with Crippen molar-refractivity contribution in [2.45, 2.75) is 20.8 Å². The topological polar surface area (TPSA) is 9.23 Å². The molecule has 0 radical (unpaired) electrons. The normalized spacial score (nSPS) is 12.9. The molecule has 0 amide bonds. The molecule has 0 aliphatic carbocycles. The smallest absolute Gasteiger partial charge is 0.123 e. The Morgan fingerprint density at radius 2 is 1.95 bits per heavy atom. The van der Waals surface area contributed by atoms with Crippen LogP contribution in [0, 0.1) is 5.92 Å².